The van der Waals surface area contributed by atoms with Gasteiger partial charge in [0.15, 0.2) is 0 Å². The molecule has 2 aliphatic carbocycles. The molecule has 2 aliphatic rings. The minimum Gasteiger partial charge on any atom is -0.354 e. The Morgan fingerprint density at radius 2 is 2.04 bits per heavy atom. The van der Waals surface area contributed by atoms with Gasteiger partial charge in [0.05, 0.1) is 5.69 Å². The van der Waals surface area contributed by atoms with Gasteiger partial charge in [-0.15, -0.1) is 5.10 Å². The molecule has 2 fully saturated rings. The zero-order chi connectivity index (χ0) is 16.6. The second-order valence-corrected chi connectivity index (χ2v) is 7.03. The number of amides is 1. The average Bonchev–Trinajstić information content (AvgIpc) is 3.28. The summed E-state index contributed by atoms with van der Waals surface area (Å²) in [4.78, 5) is 12.2. The third kappa shape index (κ3) is 3.05. The second kappa shape index (κ2) is 6.00. The van der Waals surface area contributed by atoms with E-state index < -0.39 is 0 Å². The van der Waals surface area contributed by atoms with Gasteiger partial charge in [0.25, 0.3) is 0 Å². The monoisotopic (exact) mass is 328 g/mol. The van der Waals surface area contributed by atoms with Crippen molar-refractivity contribution < 1.29 is 9.18 Å². The van der Waals surface area contributed by atoms with Crippen LogP contribution in [-0.4, -0.2) is 27.4 Å². The van der Waals surface area contributed by atoms with Crippen LogP contribution in [-0.2, 0) is 16.8 Å². The first-order chi connectivity index (χ1) is 11.6. The number of nitrogens with one attached hydrogen (secondary N) is 1. The molecule has 0 saturated heterocycles. The SMILES string of the molecule is O=C(Cn1cc(C2CC2)nn1)NCC1(c2ccc(F)cc2)CCC1. The van der Waals surface area contributed by atoms with Gasteiger partial charge in [0, 0.05) is 24.1 Å². The van der Waals surface area contributed by atoms with E-state index in [4.69, 9.17) is 0 Å². The van der Waals surface area contributed by atoms with E-state index in [-0.39, 0.29) is 23.7 Å². The van der Waals surface area contributed by atoms with E-state index in [0.717, 1.165) is 30.5 Å². The highest BCUT2D eigenvalue weighted by molar-refractivity contribution is 5.75. The van der Waals surface area contributed by atoms with E-state index >= 15 is 0 Å². The van der Waals surface area contributed by atoms with Gasteiger partial charge < -0.3 is 5.32 Å². The smallest absolute Gasteiger partial charge is 0.241 e. The van der Waals surface area contributed by atoms with E-state index in [9.17, 15) is 9.18 Å². The highest BCUT2D eigenvalue weighted by atomic mass is 19.1. The molecule has 2 aromatic rings. The topological polar surface area (TPSA) is 59.8 Å². The molecule has 126 valence electrons. The Bertz CT molecular complexity index is 732. The zero-order valence-corrected chi connectivity index (χ0v) is 13.5. The van der Waals surface area contributed by atoms with Crippen LogP contribution in [0, 0.1) is 5.82 Å². The van der Waals surface area contributed by atoms with Gasteiger partial charge in [-0.05, 0) is 43.4 Å². The minimum atomic E-state index is -0.227. The van der Waals surface area contributed by atoms with Crippen LogP contribution in [0.3, 0.4) is 0 Å². The van der Waals surface area contributed by atoms with Crippen LogP contribution in [0.4, 0.5) is 4.39 Å². The van der Waals surface area contributed by atoms with E-state index in [1.807, 2.05) is 18.3 Å². The largest absolute Gasteiger partial charge is 0.354 e. The van der Waals surface area contributed by atoms with Crippen molar-refractivity contribution >= 4 is 5.91 Å². The number of rotatable bonds is 6. The fourth-order valence-corrected chi connectivity index (χ4v) is 3.40. The van der Waals surface area contributed by atoms with Crippen LogP contribution in [0.5, 0.6) is 0 Å². The summed E-state index contributed by atoms with van der Waals surface area (Å²) in [6.07, 6.45) is 7.40. The predicted octanol–water partition coefficient (Wildman–Crippen LogP) is 2.53. The van der Waals surface area contributed by atoms with Gasteiger partial charge >= 0.3 is 0 Å². The van der Waals surface area contributed by atoms with Crippen LogP contribution in [0.25, 0.3) is 0 Å². The summed E-state index contributed by atoms with van der Waals surface area (Å²) in [7, 11) is 0. The molecule has 0 atom stereocenters. The number of carbonyl (C=O) groups is 1. The standard InChI is InChI=1S/C18H21FN4O/c19-15-6-4-14(5-7-15)18(8-1-9-18)12-20-17(24)11-23-10-16(21-22-23)13-2-3-13/h4-7,10,13H,1-3,8-9,11-12H2,(H,20,24). The molecule has 0 bridgehead atoms. The summed E-state index contributed by atoms with van der Waals surface area (Å²) in [6.45, 7) is 0.779. The molecule has 0 unspecified atom stereocenters. The molecule has 0 radical (unpaired) electrons. The van der Waals surface area contributed by atoms with Gasteiger partial charge in [-0.3, -0.25) is 4.79 Å². The van der Waals surface area contributed by atoms with Gasteiger partial charge in [-0.2, -0.15) is 0 Å². The molecular weight excluding hydrogens is 307 g/mol. The Kier molecular flexibility index (Phi) is 3.82. The van der Waals surface area contributed by atoms with E-state index in [1.165, 1.54) is 25.0 Å². The lowest BCUT2D eigenvalue weighted by molar-refractivity contribution is -0.122. The number of carbonyl (C=O) groups excluding carboxylic acids is 1. The van der Waals surface area contributed by atoms with Crippen molar-refractivity contribution in [2.24, 2.45) is 0 Å². The molecule has 2 saturated carbocycles. The van der Waals surface area contributed by atoms with E-state index in [0.29, 0.717) is 12.5 Å². The highest BCUT2D eigenvalue weighted by Gasteiger charge is 2.38. The number of nitrogens with zero attached hydrogens (tertiary/aromatic N) is 3. The first kappa shape index (κ1) is 15.3. The van der Waals surface area contributed by atoms with Crippen molar-refractivity contribution in [3.63, 3.8) is 0 Å². The van der Waals surface area contributed by atoms with Crippen LogP contribution < -0.4 is 5.32 Å². The normalized spacial score (nSPS) is 18.9. The van der Waals surface area contributed by atoms with Gasteiger partial charge in [-0.25, -0.2) is 9.07 Å². The molecule has 1 amide bonds. The molecule has 1 heterocycles. The van der Waals surface area contributed by atoms with Crippen LogP contribution in [0.15, 0.2) is 30.5 Å². The lowest BCUT2D eigenvalue weighted by Gasteiger charge is -2.42. The van der Waals surface area contributed by atoms with Crippen molar-refractivity contribution in [3.8, 4) is 0 Å². The summed E-state index contributed by atoms with van der Waals surface area (Å²) in [5.74, 6) is 0.254. The fourth-order valence-electron chi connectivity index (χ4n) is 3.40. The maximum absolute atomic E-state index is 13.1. The quantitative estimate of drug-likeness (QED) is 0.886. The van der Waals surface area contributed by atoms with Gasteiger partial charge in [0.2, 0.25) is 5.91 Å². The Morgan fingerprint density at radius 3 is 2.67 bits per heavy atom. The lowest BCUT2D eigenvalue weighted by Crippen LogP contribution is -2.46. The second-order valence-electron chi connectivity index (χ2n) is 7.03. The number of benzene rings is 1. The maximum atomic E-state index is 13.1. The van der Waals surface area contributed by atoms with Crippen molar-refractivity contribution in [3.05, 3.63) is 47.5 Å². The lowest BCUT2D eigenvalue weighted by atomic mass is 9.64. The van der Waals surface area contributed by atoms with Crippen LogP contribution >= 0.6 is 0 Å². The number of hydrogen-bond acceptors (Lipinski definition) is 3. The fraction of sp³-hybridized carbons (Fsp3) is 0.500. The average molecular weight is 328 g/mol. The molecule has 24 heavy (non-hydrogen) atoms. The minimum absolute atomic E-state index is 0.0507. The third-order valence-corrected chi connectivity index (χ3v) is 5.25. The Balaban J connectivity index is 1.35. The first-order valence-electron chi connectivity index (χ1n) is 8.57. The van der Waals surface area contributed by atoms with Crippen LogP contribution in [0.1, 0.15) is 49.3 Å². The molecular formula is C18H21FN4O. The van der Waals surface area contributed by atoms with E-state index in [2.05, 4.69) is 15.6 Å². The molecule has 1 N–H and O–H groups in total. The Morgan fingerprint density at radius 1 is 1.29 bits per heavy atom. The summed E-state index contributed by atoms with van der Waals surface area (Å²) >= 11 is 0. The number of hydrogen-bond donors (Lipinski definition) is 1. The molecule has 1 aromatic heterocycles. The van der Waals surface area contributed by atoms with Gasteiger partial charge in [-0.1, -0.05) is 23.8 Å². The summed E-state index contributed by atoms with van der Waals surface area (Å²) in [5.41, 5.74) is 2.04. The molecule has 4 rings (SSSR count). The molecule has 0 spiro atoms. The van der Waals surface area contributed by atoms with Gasteiger partial charge in [0.1, 0.15) is 12.4 Å². The van der Waals surface area contributed by atoms with E-state index in [1.54, 1.807) is 4.68 Å². The molecule has 5 nitrogen and oxygen atoms in total. The molecule has 1 aromatic carbocycles. The third-order valence-electron chi connectivity index (χ3n) is 5.25. The van der Waals surface area contributed by atoms with Crippen molar-refractivity contribution in [2.75, 3.05) is 6.54 Å². The highest BCUT2D eigenvalue weighted by Crippen LogP contribution is 2.43. The summed E-state index contributed by atoms with van der Waals surface area (Å²) < 4.78 is 14.7. The maximum Gasteiger partial charge on any atom is 0.241 e. The molecule has 0 aliphatic heterocycles. The number of aromatic nitrogens is 3. The summed E-state index contributed by atoms with van der Waals surface area (Å²) in [5, 5.41) is 11.2. The Hall–Kier alpha value is -2.24. The van der Waals surface area contributed by atoms with Crippen molar-refractivity contribution in [1.29, 1.82) is 0 Å². The van der Waals surface area contributed by atoms with Crippen LogP contribution in [0.2, 0.25) is 0 Å². The first-order valence-corrected chi connectivity index (χ1v) is 8.57. The van der Waals surface area contributed by atoms with Crippen molar-refractivity contribution in [2.45, 2.75) is 50.0 Å². The Labute approximate surface area is 140 Å². The predicted molar refractivity (Wildman–Crippen MR) is 86.9 cm³/mol. The zero-order valence-electron chi connectivity index (χ0n) is 13.5. The van der Waals surface area contributed by atoms with Crippen molar-refractivity contribution in [1.82, 2.24) is 20.3 Å². The molecule has 6 heteroatoms. The number of halogens is 1. The summed E-state index contributed by atoms with van der Waals surface area (Å²) in [6, 6.07) is 6.65.